The summed E-state index contributed by atoms with van der Waals surface area (Å²) in [5.74, 6) is 0.270. The first-order valence-electron chi connectivity index (χ1n) is 9.00. The van der Waals surface area contributed by atoms with Crippen LogP contribution in [0.3, 0.4) is 0 Å². The molecule has 2 aliphatic rings. The Hall–Kier alpha value is -2.88. The van der Waals surface area contributed by atoms with Crippen molar-refractivity contribution in [3.05, 3.63) is 71.4 Å². The molecule has 1 aliphatic heterocycles. The number of hydrogen-bond donors (Lipinski definition) is 1. The molecule has 0 unspecified atom stereocenters. The van der Waals surface area contributed by atoms with Gasteiger partial charge < -0.3 is 4.90 Å². The van der Waals surface area contributed by atoms with Gasteiger partial charge in [0.1, 0.15) is 0 Å². The van der Waals surface area contributed by atoms with Crippen molar-refractivity contribution in [2.24, 2.45) is 10.5 Å². The van der Waals surface area contributed by atoms with Crippen LogP contribution in [0.25, 0.3) is 5.57 Å². The van der Waals surface area contributed by atoms with E-state index in [0.29, 0.717) is 0 Å². The number of hydrazone groups is 1. The minimum Gasteiger partial charge on any atom is -0.312 e. The summed E-state index contributed by atoms with van der Waals surface area (Å²) >= 11 is 0. The molecule has 1 N–H and O–H groups in total. The summed E-state index contributed by atoms with van der Waals surface area (Å²) in [5.41, 5.74) is 8.33. The first-order valence-corrected chi connectivity index (χ1v) is 9.00. The molecule has 1 spiro atoms. The Bertz CT molecular complexity index is 858. The molecule has 0 bridgehead atoms. The van der Waals surface area contributed by atoms with Gasteiger partial charge in [0.15, 0.2) is 0 Å². The molecule has 4 nitrogen and oxygen atoms in total. The summed E-state index contributed by atoms with van der Waals surface area (Å²) in [6.45, 7) is 6.21. The Morgan fingerprint density at radius 1 is 1.15 bits per heavy atom. The molecule has 4 rings (SSSR count). The molecule has 1 fully saturated rings. The predicted octanol–water partition coefficient (Wildman–Crippen LogP) is 3.77. The number of carbonyl (C=O) groups is 1. The average molecular weight is 345 g/mol. The number of nitrogens with one attached hydrogen (secondary N) is 1. The normalized spacial score (nSPS) is 18.3. The average Bonchev–Trinajstić information content (AvgIpc) is 3.20. The van der Waals surface area contributed by atoms with Gasteiger partial charge >= 0.3 is 0 Å². The van der Waals surface area contributed by atoms with Gasteiger partial charge in [-0.05, 0) is 60.6 Å². The zero-order chi connectivity index (χ0) is 18.1. The van der Waals surface area contributed by atoms with Gasteiger partial charge in [0.05, 0.1) is 5.41 Å². The fraction of sp³-hybridized carbons (Fsp3) is 0.273. The first kappa shape index (κ1) is 16.6. The molecule has 1 amide bonds. The van der Waals surface area contributed by atoms with Crippen molar-refractivity contribution in [2.75, 3.05) is 11.4 Å². The zero-order valence-electron chi connectivity index (χ0n) is 15.0. The van der Waals surface area contributed by atoms with E-state index in [-0.39, 0.29) is 11.3 Å². The third-order valence-corrected chi connectivity index (χ3v) is 5.70. The van der Waals surface area contributed by atoms with Gasteiger partial charge in [0, 0.05) is 25.1 Å². The maximum Gasteiger partial charge on any atom is 0.233 e. The number of fused-ring (bicyclic) bond motifs is 1. The van der Waals surface area contributed by atoms with E-state index in [4.69, 9.17) is 0 Å². The van der Waals surface area contributed by atoms with Gasteiger partial charge in [-0.25, -0.2) is 0 Å². The van der Waals surface area contributed by atoms with Crippen molar-refractivity contribution < 1.29 is 4.79 Å². The SMILES string of the molecule is C=NN/C=C(\C)c1ccc(N2CCC3(Cc4ccccc4C3)C2=O)cc1. The molecule has 2 aromatic rings. The first-order chi connectivity index (χ1) is 12.6. The van der Waals surface area contributed by atoms with E-state index in [0.717, 1.165) is 42.6 Å². The Kier molecular flexibility index (Phi) is 4.11. The standard InChI is InChI=1S/C22H23N3O/c1-16(15-24-23-2)17-7-9-20(10-8-17)25-12-11-22(21(25)26)13-18-5-3-4-6-19(18)14-22/h3-10,15,24H,2,11-14H2,1H3/b16-15+. The molecule has 4 heteroatoms. The number of hydrogen-bond acceptors (Lipinski definition) is 3. The van der Waals surface area contributed by atoms with E-state index in [1.807, 2.05) is 42.3 Å². The molecule has 1 aliphatic carbocycles. The minimum atomic E-state index is -0.238. The molecular weight excluding hydrogens is 322 g/mol. The predicted molar refractivity (Wildman–Crippen MR) is 106 cm³/mol. The monoisotopic (exact) mass is 345 g/mol. The van der Waals surface area contributed by atoms with Crippen LogP contribution in [0.5, 0.6) is 0 Å². The lowest BCUT2D eigenvalue weighted by atomic mass is 9.83. The van der Waals surface area contributed by atoms with Crippen molar-refractivity contribution in [1.82, 2.24) is 5.43 Å². The van der Waals surface area contributed by atoms with Crippen LogP contribution in [0.15, 0.2) is 59.8 Å². The lowest BCUT2D eigenvalue weighted by Crippen LogP contribution is -2.35. The number of amides is 1. The molecule has 2 aromatic carbocycles. The molecule has 26 heavy (non-hydrogen) atoms. The van der Waals surface area contributed by atoms with Crippen LogP contribution in [0.2, 0.25) is 0 Å². The number of nitrogens with zero attached hydrogens (tertiary/aromatic N) is 2. The highest BCUT2D eigenvalue weighted by molar-refractivity contribution is 6.00. The van der Waals surface area contributed by atoms with Gasteiger partial charge in [0.2, 0.25) is 5.91 Å². The Morgan fingerprint density at radius 2 is 1.81 bits per heavy atom. The van der Waals surface area contributed by atoms with Crippen molar-refractivity contribution in [2.45, 2.75) is 26.2 Å². The Morgan fingerprint density at radius 3 is 2.42 bits per heavy atom. The van der Waals surface area contributed by atoms with Gasteiger partial charge in [-0.15, -0.1) is 0 Å². The van der Waals surface area contributed by atoms with Crippen molar-refractivity contribution in [3.63, 3.8) is 0 Å². The van der Waals surface area contributed by atoms with Crippen molar-refractivity contribution in [3.8, 4) is 0 Å². The second-order valence-electron chi connectivity index (χ2n) is 7.27. The fourth-order valence-electron chi connectivity index (χ4n) is 4.22. The topological polar surface area (TPSA) is 44.7 Å². The van der Waals surface area contributed by atoms with Crippen LogP contribution in [0.1, 0.15) is 30.0 Å². The highest BCUT2D eigenvalue weighted by Crippen LogP contribution is 2.45. The van der Waals surface area contributed by atoms with E-state index in [1.54, 1.807) is 0 Å². The summed E-state index contributed by atoms with van der Waals surface area (Å²) in [6.07, 6.45) is 4.49. The lowest BCUT2D eigenvalue weighted by molar-refractivity contribution is -0.125. The minimum absolute atomic E-state index is 0.238. The summed E-state index contributed by atoms with van der Waals surface area (Å²) in [4.78, 5) is 15.2. The van der Waals surface area contributed by atoms with E-state index in [2.05, 4.69) is 41.5 Å². The van der Waals surface area contributed by atoms with Crippen LogP contribution in [0, 0.1) is 5.41 Å². The second kappa shape index (κ2) is 6.45. The molecule has 0 radical (unpaired) electrons. The van der Waals surface area contributed by atoms with E-state index in [1.165, 1.54) is 11.1 Å². The molecule has 0 atom stereocenters. The highest BCUT2D eigenvalue weighted by Gasteiger charge is 2.50. The van der Waals surface area contributed by atoms with Crippen molar-refractivity contribution >= 4 is 23.9 Å². The van der Waals surface area contributed by atoms with Crippen LogP contribution in [0.4, 0.5) is 5.69 Å². The number of rotatable bonds is 4. The van der Waals surface area contributed by atoms with E-state index in [9.17, 15) is 4.79 Å². The number of carbonyl (C=O) groups excluding carboxylic acids is 1. The Balaban J connectivity index is 1.54. The van der Waals surface area contributed by atoms with Gasteiger partial charge in [-0.2, -0.15) is 5.10 Å². The van der Waals surface area contributed by atoms with E-state index < -0.39 is 0 Å². The maximum absolute atomic E-state index is 13.2. The van der Waals surface area contributed by atoms with Gasteiger partial charge in [-0.3, -0.25) is 10.2 Å². The van der Waals surface area contributed by atoms with Gasteiger partial charge in [-0.1, -0.05) is 36.4 Å². The third kappa shape index (κ3) is 2.71. The zero-order valence-corrected chi connectivity index (χ0v) is 15.0. The maximum atomic E-state index is 13.2. The molecule has 132 valence electrons. The van der Waals surface area contributed by atoms with Crippen LogP contribution in [-0.4, -0.2) is 19.2 Å². The summed E-state index contributed by atoms with van der Waals surface area (Å²) < 4.78 is 0. The molecular formula is C22H23N3O. The molecule has 0 saturated carbocycles. The van der Waals surface area contributed by atoms with Crippen molar-refractivity contribution in [1.29, 1.82) is 0 Å². The van der Waals surface area contributed by atoms with Gasteiger partial charge in [0.25, 0.3) is 0 Å². The smallest absolute Gasteiger partial charge is 0.233 e. The van der Waals surface area contributed by atoms with Crippen LogP contribution < -0.4 is 10.3 Å². The summed E-state index contributed by atoms with van der Waals surface area (Å²) in [6, 6.07) is 16.6. The highest BCUT2D eigenvalue weighted by atomic mass is 16.2. The largest absolute Gasteiger partial charge is 0.312 e. The lowest BCUT2D eigenvalue weighted by Gasteiger charge is -2.23. The second-order valence-corrected chi connectivity index (χ2v) is 7.27. The molecule has 1 heterocycles. The van der Waals surface area contributed by atoms with E-state index >= 15 is 0 Å². The quantitative estimate of drug-likeness (QED) is 0.677. The number of anilines is 1. The fourth-order valence-corrected chi connectivity index (χ4v) is 4.22. The third-order valence-electron chi connectivity index (χ3n) is 5.70. The summed E-state index contributed by atoms with van der Waals surface area (Å²) in [7, 11) is 0. The van der Waals surface area contributed by atoms with Crippen LogP contribution >= 0.6 is 0 Å². The Labute approximate surface area is 154 Å². The molecule has 1 saturated heterocycles. The number of allylic oxidation sites excluding steroid dienone is 1. The summed E-state index contributed by atoms with van der Waals surface area (Å²) in [5, 5.41) is 3.62. The van der Waals surface area contributed by atoms with Crippen LogP contribution in [-0.2, 0) is 17.6 Å². The number of benzene rings is 2. The molecule has 0 aromatic heterocycles.